The summed E-state index contributed by atoms with van der Waals surface area (Å²) in [6.07, 6.45) is 1.59. The molecule has 0 unspecified atom stereocenters. The van der Waals surface area contributed by atoms with Gasteiger partial charge in [0.1, 0.15) is 11.5 Å². The van der Waals surface area contributed by atoms with Gasteiger partial charge < -0.3 is 25.1 Å². The summed E-state index contributed by atoms with van der Waals surface area (Å²) in [6.45, 7) is 4.20. The van der Waals surface area contributed by atoms with Gasteiger partial charge >= 0.3 is 0 Å². The summed E-state index contributed by atoms with van der Waals surface area (Å²) >= 11 is 0. The Labute approximate surface area is 205 Å². The Kier molecular flexibility index (Phi) is 10.6. The molecule has 2 aromatic carbocycles. The molecule has 0 atom stereocenters. The molecule has 0 bridgehead atoms. The van der Waals surface area contributed by atoms with Crippen molar-refractivity contribution in [3.8, 4) is 5.75 Å². The molecule has 0 saturated heterocycles. The van der Waals surface area contributed by atoms with Crippen LogP contribution in [0.4, 0.5) is 0 Å². The van der Waals surface area contributed by atoms with E-state index < -0.39 is 0 Å². The number of furan rings is 1. The summed E-state index contributed by atoms with van der Waals surface area (Å²) in [4.78, 5) is 17.1. The molecule has 0 aliphatic heterocycles. The fourth-order valence-corrected chi connectivity index (χ4v) is 2.97. The molecule has 1 aromatic heterocycles. The highest BCUT2D eigenvalue weighted by atomic mass is 127. The summed E-state index contributed by atoms with van der Waals surface area (Å²) in [5.41, 5.74) is 2.64. The van der Waals surface area contributed by atoms with Crippen molar-refractivity contribution in [1.29, 1.82) is 0 Å². The van der Waals surface area contributed by atoms with Crippen LogP contribution >= 0.6 is 24.0 Å². The number of hydrogen-bond donors (Lipinski definition) is 3. The Bertz CT molecular complexity index is 1010. The third kappa shape index (κ3) is 7.92. The Morgan fingerprint density at radius 2 is 1.78 bits per heavy atom. The predicted octanol–water partition coefficient (Wildman–Crippen LogP) is 4.09. The van der Waals surface area contributed by atoms with Crippen LogP contribution in [0.15, 0.2) is 76.3 Å². The Morgan fingerprint density at radius 1 is 0.969 bits per heavy atom. The number of rotatable bonds is 9. The van der Waals surface area contributed by atoms with Gasteiger partial charge in [-0.15, -0.1) is 24.0 Å². The number of halogens is 1. The summed E-state index contributed by atoms with van der Waals surface area (Å²) in [5.74, 6) is 2.10. The third-order valence-corrected chi connectivity index (χ3v) is 4.55. The van der Waals surface area contributed by atoms with Crippen molar-refractivity contribution in [2.24, 2.45) is 4.99 Å². The molecule has 0 aliphatic rings. The van der Waals surface area contributed by atoms with E-state index in [9.17, 15) is 4.79 Å². The Morgan fingerprint density at radius 3 is 2.53 bits per heavy atom. The lowest BCUT2D eigenvalue weighted by Crippen LogP contribution is -2.36. The second-order valence-electron chi connectivity index (χ2n) is 6.86. The molecule has 170 valence electrons. The fourth-order valence-electron chi connectivity index (χ4n) is 2.97. The molecule has 3 aromatic rings. The molecule has 1 heterocycles. The van der Waals surface area contributed by atoms with Crippen LogP contribution in [0.5, 0.6) is 5.75 Å². The minimum absolute atomic E-state index is 0. The zero-order chi connectivity index (χ0) is 21.9. The number of ether oxygens (including phenoxy) is 1. The molecule has 0 saturated carbocycles. The number of hydrogen-bond acceptors (Lipinski definition) is 4. The van der Waals surface area contributed by atoms with Crippen molar-refractivity contribution in [1.82, 2.24) is 16.0 Å². The van der Waals surface area contributed by atoms with Crippen LogP contribution in [0.3, 0.4) is 0 Å². The zero-order valence-electron chi connectivity index (χ0n) is 18.3. The highest BCUT2D eigenvalue weighted by molar-refractivity contribution is 14.0. The van der Waals surface area contributed by atoms with E-state index >= 15 is 0 Å². The van der Waals surface area contributed by atoms with Crippen LogP contribution in [0.25, 0.3) is 0 Å². The van der Waals surface area contributed by atoms with Crippen LogP contribution in [-0.2, 0) is 19.6 Å². The Balaban J connectivity index is 0.00000363. The van der Waals surface area contributed by atoms with Gasteiger partial charge in [-0.25, -0.2) is 4.99 Å². The molecule has 0 radical (unpaired) electrons. The second-order valence-corrected chi connectivity index (χ2v) is 6.86. The van der Waals surface area contributed by atoms with Crippen molar-refractivity contribution in [3.05, 3.63) is 89.4 Å². The lowest BCUT2D eigenvalue weighted by atomic mass is 10.1. The molecule has 32 heavy (non-hydrogen) atoms. The van der Waals surface area contributed by atoms with Crippen molar-refractivity contribution in [2.75, 3.05) is 13.7 Å². The number of amides is 1. The molecule has 0 aliphatic carbocycles. The average molecular weight is 548 g/mol. The first kappa shape index (κ1) is 25.3. The number of guanidine groups is 1. The summed E-state index contributed by atoms with van der Waals surface area (Å²) in [7, 11) is 1.66. The maximum atomic E-state index is 12.4. The summed E-state index contributed by atoms with van der Waals surface area (Å²) < 4.78 is 10.5. The molecular formula is C24H29IN4O3. The van der Waals surface area contributed by atoms with Crippen molar-refractivity contribution in [3.63, 3.8) is 0 Å². The van der Waals surface area contributed by atoms with E-state index in [1.807, 2.05) is 55.5 Å². The highest BCUT2D eigenvalue weighted by Gasteiger charge is 2.07. The monoisotopic (exact) mass is 548 g/mol. The van der Waals surface area contributed by atoms with Gasteiger partial charge in [0.2, 0.25) is 0 Å². The standard InChI is InChI=1S/C24H28N4O3.HI/c1-3-25-24(28-16-19-8-5-10-21(14-19)30-2)27-15-18-7-4-9-20(13-18)23(29)26-17-22-11-6-12-31-22;/h4-14H,3,15-17H2,1-2H3,(H,26,29)(H2,25,27,28);1H. The van der Waals surface area contributed by atoms with Crippen LogP contribution in [0.1, 0.15) is 34.2 Å². The van der Waals surface area contributed by atoms with Gasteiger partial charge in [0.25, 0.3) is 5.91 Å². The first-order valence-corrected chi connectivity index (χ1v) is 10.2. The van der Waals surface area contributed by atoms with Crippen LogP contribution < -0.4 is 20.7 Å². The maximum Gasteiger partial charge on any atom is 0.251 e. The normalized spacial score (nSPS) is 10.8. The quantitative estimate of drug-likeness (QED) is 0.213. The van der Waals surface area contributed by atoms with Crippen molar-refractivity contribution < 1.29 is 13.9 Å². The summed E-state index contributed by atoms with van der Waals surface area (Å²) in [6, 6.07) is 19.0. The van der Waals surface area contributed by atoms with Gasteiger partial charge in [0, 0.05) is 18.7 Å². The Hall–Kier alpha value is -3.01. The molecule has 0 fully saturated rings. The second kappa shape index (κ2) is 13.4. The van der Waals surface area contributed by atoms with E-state index in [0.29, 0.717) is 36.9 Å². The molecule has 3 rings (SSSR count). The number of benzene rings is 2. The van der Waals surface area contributed by atoms with Crippen LogP contribution in [0, 0.1) is 0 Å². The van der Waals surface area contributed by atoms with E-state index in [1.54, 1.807) is 25.5 Å². The van der Waals surface area contributed by atoms with E-state index in [1.165, 1.54) is 0 Å². The number of aliphatic imine (C=N–C) groups is 1. The van der Waals surface area contributed by atoms with Crippen molar-refractivity contribution in [2.45, 2.75) is 26.6 Å². The molecule has 1 amide bonds. The zero-order valence-corrected chi connectivity index (χ0v) is 20.6. The summed E-state index contributed by atoms with van der Waals surface area (Å²) in [5, 5.41) is 9.43. The van der Waals surface area contributed by atoms with Gasteiger partial charge in [-0.2, -0.15) is 0 Å². The smallest absolute Gasteiger partial charge is 0.251 e. The molecule has 8 heteroatoms. The number of nitrogens with zero attached hydrogens (tertiary/aromatic N) is 1. The lowest BCUT2D eigenvalue weighted by Gasteiger charge is -2.12. The maximum absolute atomic E-state index is 12.4. The van der Waals surface area contributed by atoms with Gasteiger partial charge in [-0.1, -0.05) is 24.3 Å². The number of nitrogens with one attached hydrogen (secondary N) is 3. The van der Waals surface area contributed by atoms with Crippen molar-refractivity contribution >= 4 is 35.8 Å². The lowest BCUT2D eigenvalue weighted by molar-refractivity contribution is 0.0948. The molecule has 3 N–H and O–H groups in total. The highest BCUT2D eigenvalue weighted by Crippen LogP contribution is 2.12. The minimum atomic E-state index is -0.148. The number of methoxy groups -OCH3 is 1. The van der Waals surface area contributed by atoms with Gasteiger partial charge in [-0.05, 0) is 54.4 Å². The number of carbonyl (C=O) groups excluding carboxylic acids is 1. The largest absolute Gasteiger partial charge is 0.497 e. The number of carbonyl (C=O) groups is 1. The first-order valence-electron chi connectivity index (χ1n) is 10.2. The third-order valence-electron chi connectivity index (χ3n) is 4.55. The van der Waals surface area contributed by atoms with Gasteiger partial charge in [0.15, 0.2) is 5.96 Å². The van der Waals surface area contributed by atoms with E-state index in [0.717, 1.165) is 23.4 Å². The predicted molar refractivity (Wildman–Crippen MR) is 136 cm³/mol. The first-order chi connectivity index (χ1) is 15.2. The van der Waals surface area contributed by atoms with E-state index in [-0.39, 0.29) is 29.9 Å². The van der Waals surface area contributed by atoms with Crippen LogP contribution in [-0.4, -0.2) is 25.5 Å². The minimum Gasteiger partial charge on any atom is -0.497 e. The average Bonchev–Trinajstić information content (AvgIpc) is 3.33. The molecule has 7 nitrogen and oxygen atoms in total. The molecular weight excluding hydrogens is 519 g/mol. The fraction of sp³-hybridized carbons (Fsp3) is 0.250. The van der Waals surface area contributed by atoms with Gasteiger partial charge in [-0.3, -0.25) is 4.79 Å². The van der Waals surface area contributed by atoms with Gasteiger partial charge in [0.05, 0.1) is 26.5 Å². The SMILES string of the molecule is CCNC(=NCc1cccc(C(=O)NCc2ccco2)c1)NCc1cccc(OC)c1.I. The topological polar surface area (TPSA) is 87.9 Å². The molecule has 0 spiro atoms. The van der Waals surface area contributed by atoms with E-state index in [4.69, 9.17) is 9.15 Å². The van der Waals surface area contributed by atoms with Crippen LogP contribution in [0.2, 0.25) is 0 Å². The van der Waals surface area contributed by atoms with E-state index in [2.05, 4.69) is 20.9 Å².